The molecule has 0 saturated heterocycles. The normalized spacial score (nSPS) is 11.2. The maximum absolute atomic E-state index is 5.48. The SMILES string of the molecule is CCc1cc(CC)n(-c2nc(NN)cn3ccnc23)n1. The lowest BCUT2D eigenvalue weighted by molar-refractivity contribution is 0.771. The first-order valence-corrected chi connectivity index (χ1v) is 6.65. The number of hydrogen-bond donors (Lipinski definition) is 2. The van der Waals surface area contributed by atoms with Crippen LogP contribution in [0.4, 0.5) is 5.82 Å². The predicted octanol–water partition coefficient (Wildman–Crippen LogP) is 1.33. The minimum atomic E-state index is 0.570. The summed E-state index contributed by atoms with van der Waals surface area (Å²) in [5.41, 5.74) is 5.48. The number of nitrogen functional groups attached to an aromatic ring is 1. The first-order chi connectivity index (χ1) is 9.76. The fourth-order valence-corrected chi connectivity index (χ4v) is 2.21. The molecular formula is C13H17N7. The van der Waals surface area contributed by atoms with Gasteiger partial charge in [0.1, 0.15) is 0 Å². The monoisotopic (exact) mass is 271 g/mol. The Morgan fingerprint density at radius 1 is 1.30 bits per heavy atom. The molecule has 0 amide bonds. The number of hydrazine groups is 1. The Morgan fingerprint density at radius 3 is 2.85 bits per heavy atom. The van der Waals surface area contributed by atoms with Gasteiger partial charge in [-0.1, -0.05) is 13.8 Å². The van der Waals surface area contributed by atoms with E-state index in [9.17, 15) is 0 Å². The third kappa shape index (κ3) is 1.92. The fraction of sp³-hybridized carbons (Fsp3) is 0.308. The van der Waals surface area contributed by atoms with E-state index in [0.29, 0.717) is 11.6 Å². The van der Waals surface area contributed by atoms with E-state index in [4.69, 9.17) is 5.84 Å². The minimum Gasteiger partial charge on any atom is -0.307 e. The lowest BCUT2D eigenvalue weighted by Gasteiger charge is -2.09. The molecule has 0 aliphatic heterocycles. The molecular weight excluding hydrogens is 254 g/mol. The molecule has 0 unspecified atom stereocenters. The van der Waals surface area contributed by atoms with Crippen LogP contribution in [0.25, 0.3) is 11.5 Å². The second-order valence-corrected chi connectivity index (χ2v) is 4.50. The third-order valence-corrected chi connectivity index (χ3v) is 3.26. The highest BCUT2D eigenvalue weighted by atomic mass is 15.4. The van der Waals surface area contributed by atoms with Gasteiger partial charge in [0.2, 0.25) is 0 Å². The van der Waals surface area contributed by atoms with Crippen LogP contribution in [-0.2, 0) is 12.8 Å². The molecule has 0 aliphatic rings. The second-order valence-electron chi connectivity index (χ2n) is 4.50. The van der Waals surface area contributed by atoms with Crippen LogP contribution in [0, 0.1) is 0 Å². The van der Waals surface area contributed by atoms with E-state index in [0.717, 1.165) is 29.9 Å². The Labute approximate surface area is 116 Å². The maximum Gasteiger partial charge on any atom is 0.199 e. The smallest absolute Gasteiger partial charge is 0.199 e. The maximum atomic E-state index is 5.48. The number of nitrogens with one attached hydrogen (secondary N) is 1. The molecule has 20 heavy (non-hydrogen) atoms. The Morgan fingerprint density at radius 2 is 2.15 bits per heavy atom. The lowest BCUT2D eigenvalue weighted by Crippen LogP contribution is -2.13. The number of aromatic nitrogens is 5. The average Bonchev–Trinajstić information content (AvgIpc) is 3.11. The van der Waals surface area contributed by atoms with E-state index in [-0.39, 0.29) is 0 Å². The molecule has 0 fully saturated rings. The number of hydrogen-bond acceptors (Lipinski definition) is 5. The van der Waals surface area contributed by atoms with E-state index in [1.54, 1.807) is 12.4 Å². The number of nitrogens with two attached hydrogens (primary N) is 1. The number of anilines is 1. The van der Waals surface area contributed by atoms with Crippen molar-refractivity contribution in [3.63, 3.8) is 0 Å². The van der Waals surface area contributed by atoms with Gasteiger partial charge in [0.15, 0.2) is 17.3 Å². The largest absolute Gasteiger partial charge is 0.307 e. The molecule has 7 heteroatoms. The number of fused-ring (bicyclic) bond motifs is 1. The van der Waals surface area contributed by atoms with Crippen molar-refractivity contribution < 1.29 is 0 Å². The molecule has 104 valence electrons. The number of nitrogens with zero attached hydrogens (tertiary/aromatic N) is 5. The zero-order valence-corrected chi connectivity index (χ0v) is 11.5. The summed E-state index contributed by atoms with van der Waals surface area (Å²) < 4.78 is 3.73. The van der Waals surface area contributed by atoms with Crippen LogP contribution >= 0.6 is 0 Å². The molecule has 0 radical (unpaired) electrons. The van der Waals surface area contributed by atoms with E-state index >= 15 is 0 Å². The Kier molecular flexibility index (Phi) is 3.11. The molecule has 7 nitrogen and oxygen atoms in total. The first-order valence-electron chi connectivity index (χ1n) is 6.65. The fourth-order valence-electron chi connectivity index (χ4n) is 2.21. The van der Waals surface area contributed by atoms with Crippen molar-refractivity contribution in [3.8, 4) is 5.82 Å². The van der Waals surface area contributed by atoms with Gasteiger partial charge in [-0.05, 0) is 18.9 Å². The number of rotatable bonds is 4. The van der Waals surface area contributed by atoms with Gasteiger partial charge >= 0.3 is 0 Å². The minimum absolute atomic E-state index is 0.570. The number of aryl methyl sites for hydroxylation is 2. The third-order valence-electron chi connectivity index (χ3n) is 3.26. The summed E-state index contributed by atoms with van der Waals surface area (Å²) in [4.78, 5) is 8.85. The first kappa shape index (κ1) is 12.6. The predicted molar refractivity (Wildman–Crippen MR) is 76.7 cm³/mol. The quantitative estimate of drug-likeness (QED) is 0.552. The van der Waals surface area contributed by atoms with E-state index in [1.165, 1.54) is 0 Å². The average molecular weight is 271 g/mol. The van der Waals surface area contributed by atoms with Crippen LogP contribution in [0.2, 0.25) is 0 Å². The van der Waals surface area contributed by atoms with Crippen molar-refractivity contribution in [1.29, 1.82) is 0 Å². The highest BCUT2D eigenvalue weighted by Crippen LogP contribution is 2.18. The molecule has 3 N–H and O–H groups in total. The van der Waals surface area contributed by atoms with Crippen molar-refractivity contribution in [3.05, 3.63) is 36.0 Å². The van der Waals surface area contributed by atoms with Crippen molar-refractivity contribution in [1.82, 2.24) is 24.1 Å². The second kappa shape index (κ2) is 4.93. The summed E-state index contributed by atoms with van der Waals surface area (Å²) in [6, 6.07) is 2.10. The summed E-state index contributed by atoms with van der Waals surface area (Å²) in [5.74, 6) is 6.74. The summed E-state index contributed by atoms with van der Waals surface area (Å²) in [6.07, 6.45) is 7.15. The van der Waals surface area contributed by atoms with Crippen molar-refractivity contribution in [2.24, 2.45) is 5.84 Å². The molecule has 3 aromatic rings. The van der Waals surface area contributed by atoms with Crippen molar-refractivity contribution in [2.75, 3.05) is 5.43 Å². The van der Waals surface area contributed by atoms with E-state index < -0.39 is 0 Å². The molecule has 0 atom stereocenters. The van der Waals surface area contributed by atoms with Crippen LogP contribution in [0.15, 0.2) is 24.7 Å². The summed E-state index contributed by atoms with van der Waals surface area (Å²) >= 11 is 0. The van der Waals surface area contributed by atoms with Gasteiger partial charge in [-0.15, -0.1) is 0 Å². The van der Waals surface area contributed by atoms with Gasteiger partial charge in [-0.25, -0.2) is 20.5 Å². The summed E-state index contributed by atoms with van der Waals surface area (Å²) in [5, 5.41) is 4.61. The van der Waals surface area contributed by atoms with Gasteiger partial charge in [0, 0.05) is 18.1 Å². The summed E-state index contributed by atoms with van der Waals surface area (Å²) in [6.45, 7) is 4.18. The van der Waals surface area contributed by atoms with Crippen LogP contribution in [0.1, 0.15) is 25.2 Å². The van der Waals surface area contributed by atoms with Gasteiger partial charge in [0.05, 0.1) is 11.9 Å². The molecule has 0 spiro atoms. The molecule has 3 rings (SSSR count). The Balaban J connectivity index is 2.27. The van der Waals surface area contributed by atoms with E-state index in [1.807, 2.05) is 15.3 Å². The van der Waals surface area contributed by atoms with Gasteiger partial charge in [0.25, 0.3) is 0 Å². The standard InChI is InChI=1S/C13H17N7/c1-3-9-7-10(4-2)20(18-9)13-12-15-5-6-19(12)8-11(16-13)17-14/h5-8,17H,3-4,14H2,1-2H3. The summed E-state index contributed by atoms with van der Waals surface area (Å²) in [7, 11) is 0. The van der Waals surface area contributed by atoms with E-state index in [2.05, 4.69) is 40.4 Å². The molecule has 0 aliphatic carbocycles. The van der Waals surface area contributed by atoms with Crippen molar-refractivity contribution in [2.45, 2.75) is 26.7 Å². The van der Waals surface area contributed by atoms with Gasteiger partial charge in [-0.2, -0.15) is 5.10 Å². The lowest BCUT2D eigenvalue weighted by atomic mass is 10.2. The topological polar surface area (TPSA) is 86.1 Å². The Bertz CT molecular complexity index is 740. The van der Waals surface area contributed by atoms with Gasteiger partial charge in [-0.3, -0.25) is 0 Å². The van der Waals surface area contributed by atoms with Gasteiger partial charge < -0.3 is 9.83 Å². The van der Waals surface area contributed by atoms with Crippen LogP contribution in [0.3, 0.4) is 0 Å². The Hall–Kier alpha value is -2.41. The number of imidazole rings is 1. The zero-order valence-electron chi connectivity index (χ0n) is 11.5. The van der Waals surface area contributed by atoms with Crippen LogP contribution in [0.5, 0.6) is 0 Å². The highest BCUT2D eigenvalue weighted by Gasteiger charge is 2.14. The zero-order chi connectivity index (χ0) is 14.1. The van der Waals surface area contributed by atoms with Crippen LogP contribution in [-0.4, -0.2) is 24.1 Å². The molecule has 3 aromatic heterocycles. The molecule has 0 saturated carbocycles. The molecule has 3 heterocycles. The van der Waals surface area contributed by atoms with Crippen molar-refractivity contribution >= 4 is 11.5 Å². The highest BCUT2D eigenvalue weighted by molar-refractivity contribution is 5.58. The van der Waals surface area contributed by atoms with Crippen LogP contribution < -0.4 is 11.3 Å². The molecule has 0 bridgehead atoms. The molecule has 0 aromatic carbocycles.